The van der Waals surface area contributed by atoms with Crippen LogP contribution in [0.4, 0.5) is 11.4 Å². The Morgan fingerprint density at radius 1 is 0.800 bits per heavy atom. The second-order valence-electron chi connectivity index (χ2n) is 6.25. The van der Waals surface area contributed by atoms with Gasteiger partial charge in [0.2, 0.25) is 5.91 Å². The largest absolute Gasteiger partial charge is 0.493 e. The van der Waals surface area contributed by atoms with E-state index in [0.717, 1.165) is 10.6 Å². The summed E-state index contributed by atoms with van der Waals surface area (Å²) in [5.41, 5.74) is 1.86. The molecule has 0 saturated carbocycles. The minimum atomic E-state index is -0.264. The number of anilines is 2. The molecular weight excluding hydrogens is 400 g/mol. The maximum absolute atomic E-state index is 12.6. The lowest BCUT2D eigenvalue weighted by molar-refractivity contribution is -0.113. The molecule has 2 N–H and O–H groups in total. The van der Waals surface area contributed by atoms with Crippen molar-refractivity contribution in [1.29, 1.82) is 0 Å². The second-order valence-corrected chi connectivity index (χ2v) is 7.30. The third-order valence-electron chi connectivity index (χ3n) is 4.17. The number of hydrogen-bond donors (Lipinski definition) is 2. The van der Waals surface area contributed by atoms with Crippen molar-refractivity contribution in [3.8, 4) is 11.5 Å². The van der Waals surface area contributed by atoms with E-state index >= 15 is 0 Å². The number of hydrogen-bond acceptors (Lipinski definition) is 5. The normalized spacial score (nSPS) is 10.2. The first-order valence-electron chi connectivity index (χ1n) is 9.20. The summed E-state index contributed by atoms with van der Waals surface area (Å²) in [6, 6.07) is 21.7. The van der Waals surface area contributed by atoms with Crippen molar-refractivity contribution in [3.63, 3.8) is 0 Å². The van der Waals surface area contributed by atoms with E-state index in [1.165, 1.54) is 18.9 Å². The average Bonchev–Trinajstić information content (AvgIpc) is 2.78. The van der Waals surface area contributed by atoms with Crippen molar-refractivity contribution in [2.45, 2.75) is 4.90 Å². The molecule has 3 aromatic rings. The number of ether oxygens (including phenoxy) is 2. The van der Waals surface area contributed by atoms with Gasteiger partial charge in [0.05, 0.1) is 20.0 Å². The fourth-order valence-corrected chi connectivity index (χ4v) is 3.47. The highest BCUT2D eigenvalue weighted by atomic mass is 32.2. The fourth-order valence-electron chi connectivity index (χ4n) is 2.71. The highest BCUT2D eigenvalue weighted by Crippen LogP contribution is 2.28. The summed E-state index contributed by atoms with van der Waals surface area (Å²) in [7, 11) is 3.06. The van der Waals surface area contributed by atoms with Crippen molar-refractivity contribution in [2.24, 2.45) is 0 Å². The van der Waals surface area contributed by atoms with E-state index in [4.69, 9.17) is 9.47 Å². The minimum absolute atomic E-state index is 0.0917. The summed E-state index contributed by atoms with van der Waals surface area (Å²) in [6.45, 7) is 0. The summed E-state index contributed by atoms with van der Waals surface area (Å²) >= 11 is 1.40. The van der Waals surface area contributed by atoms with Crippen molar-refractivity contribution >= 4 is 35.0 Å². The Morgan fingerprint density at radius 3 is 2.27 bits per heavy atom. The Hall–Kier alpha value is -3.45. The molecule has 0 unspecified atom stereocenters. The number of nitrogens with one attached hydrogen (secondary N) is 2. The first kappa shape index (κ1) is 21.3. The smallest absolute Gasteiger partial charge is 0.255 e. The maximum atomic E-state index is 12.6. The van der Waals surface area contributed by atoms with E-state index in [1.807, 2.05) is 48.5 Å². The number of carbonyl (C=O) groups is 2. The van der Waals surface area contributed by atoms with Crippen LogP contribution in [0, 0.1) is 0 Å². The first-order chi connectivity index (χ1) is 14.6. The molecule has 0 atom stereocenters. The van der Waals surface area contributed by atoms with Crippen LogP contribution in [0.2, 0.25) is 0 Å². The molecular formula is C23H22N2O4S. The van der Waals surface area contributed by atoms with Gasteiger partial charge in [-0.1, -0.05) is 24.3 Å². The molecule has 0 radical (unpaired) electrons. The topological polar surface area (TPSA) is 76.7 Å². The zero-order chi connectivity index (χ0) is 21.3. The van der Waals surface area contributed by atoms with Crippen LogP contribution >= 0.6 is 11.8 Å². The van der Waals surface area contributed by atoms with Crippen LogP contribution < -0.4 is 20.1 Å². The van der Waals surface area contributed by atoms with Crippen molar-refractivity contribution < 1.29 is 19.1 Å². The van der Waals surface area contributed by atoms with Crippen molar-refractivity contribution in [1.82, 2.24) is 0 Å². The van der Waals surface area contributed by atoms with Crippen LogP contribution in [-0.4, -0.2) is 31.8 Å². The van der Waals surface area contributed by atoms with Crippen LogP contribution in [0.3, 0.4) is 0 Å². The number of amides is 2. The molecule has 0 aliphatic heterocycles. The van der Waals surface area contributed by atoms with Crippen LogP contribution in [0.25, 0.3) is 0 Å². The maximum Gasteiger partial charge on any atom is 0.255 e. The number of methoxy groups -OCH3 is 2. The molecule has 0 saturated heterocycles. The van der Waals surface area contributed by atoms with Gasteiger partial charge >= 0.3 is 0 Å². The lowest BCUT2D eigenvalue weighted by Gasteiger charge is -2.11. The van der Waals surface area contributed by atoms with Gasteiger partial charge < -0.3 is 20.1 Å². The van der Waals surface area contributed by atoms with Crippen LogP contribution in [0.1, 0.15) is 10.4 Å². The molecule has 0 bridgehead atoms. The minimum Gasteiger partial charge on any atom is -0.493 e. The first-order valence-corrected chi connectivity index (χ1v) is 10.2. The molecule has 6 nitrogen and oxygen atoms in total. The quantitative estimate of drug-likeness (QED) is 0.515. The van der Waals surface area contributed by atoms with E-state index in [9.17, 15) is 9.59 Å². The molecule has 2 amide bonds. The number of rotatable bonds is 8. The lowest BCUT2D eigenvalue weighted by atomic mass is 10.2. The van der Waals surface area contributed by atoms with Gasteiger partial charge in [0.15, 0.2) is 11.5 Å². The van der Waals surface area contributed by atoms with Crippen LogP contribution in [-0.2, 0) is 4.79 Å². The molecule has 0 aliphatic carbocycles. The lowest BCUT2D eigenvalue weighted by Crippen LogP contribution is -2.14. The molecule has 154 valence electrons. The summed E-state index contributed by atoms with van der Waals surface area (Å²) in [4.78, 5) is 25.6. The predicted molar refractivity (Wildman–Crippen MR) is 120 cm³/mol. The van der Waals surface area contributed by atoms with Crippen molar-refractivity contribution in [3.05, 3.63) is 78.4 Å². The molecule has 0 fully saturated rings. The van der Waals surface area contributed by atoms with Crippen LogP contribution in [0.5, 0.6) is 11.5 Å². The molecule has 0 aliphatic rings. The molecule has 0 heterocycles. The van der Waals surface area contributed by atoms with Gasteiger partial charge in [-0.3, -0.25) is 9.59 Å². The summed E-state index contributed by atoms with van der Waals surface area (Å²) in [5, 5.41) is 5.71. The fraction of sp³-hybridized carbons (Fsp3) is 0.130. The van der Waals surface area contributed by atoms with E-state index < -0.39 is 0 Å². The number of carbonyl (C=O) groups excluding carboxylic acids is 2. The monoisotopic (exact) mass is 422 g/mol. The number of para-hydroxylation sites is 1. The average molecular weight is 423 g/mol. The van der Waals surface area contributed by atoms with Gasteiger partial charge in [-0.15, -0.1) is 11.8 Å². The Kier molecular flexibility index (Phi) is 7.34. The molecule has 30 heavy (non-hydrogen) atoms. The standard InChI is InChI=1S/C23H22N2O4S/c1-28-20-12-11-16(13-21(20)29-2)23(27)25-18-9-6-10-19(14-18)30-15-22(26)24-17-7-4-3-5-8-17/h3-14H,15H2,1-2H3,(H,24,26)(H,25,27). The molecule has 0 aromatic heterocycles. The summed E-state index contributed by atoms with van der Waals surface area (Å²) < 4.78 is 10.4. The molecule has 3 rings (SSSR count). The third kappa shape index (κ3) is 5.78. The number of benzene rings is 3. The SMILES string of the molecule is COc1ccc(C(=O)Nc2cccc(SCC(=O)Nc3ccccc3)c2)cc1OC. The van der Waals surface area contributed by atoms with Gasteiger partial charge in [-0.25, -0.2) is 0 Å². The van der Waals surface area contributed by atoms with E-state index in [0.29, 0.717) is 22.7 Å². The summed E-state index contributed by atoms with van der Waals surface area (Å²) in [6.07, 6.45) is 0. The van der Waals surface area contributed by atoms with Crippen LogP contribution in [0.15, 0.2) is 77.7 Å². The Balaban J connectivity index is 1.60. The zero-order valence-electron chi connectivity index (χ0n) is 16.7. The van der Waals surface area contributed by atoms with Gasteiger partial charge in [0.25, 0.3) is 5.91 Å². The Bertz CT molecular complexity index is 1020. The van der Waals surface area contributed by atoms with E-state index in [1.54, 1.807) is 31.4 Å². The van der Waals surface area contributed by atoms with Gasteiger partial charge in [0.1, 0.15) is 0 Å². The highest BCUT2D eigenvalue weighted by molar-refractivity contribution is 8.00. The highest BCUT2D eigenvalue weighted by Gasteiger charge is 2.11. The van der Waals surface area contributed by atoms with E-state index in [2.05, 4.69) is 10.6 Å². The van der Waals surface area contributed by atoms with E-state index in [-0.39, 0.29) is 17.6 Å². The van der Waals surface area contributed by atoms with Gasteiger partial charge in [0, 0.05) is 21.8 Å². The molecule has 7 heteroatoms. The Labute approximate surface area is 179 Å². The second kappa shape index (κ2) is 10.4. The third-order valence-corrected chi connectivity index (χ3v) is 5.16. The predicted octanol–water partition coefficient (Wildman–Crippen LogP) is 4.69. The molecule has 0 spiro atoms. The molecule has 3 aromatic carbocycles. The number of thioether (sulfide) groups is 1. The summed E-state index contributed by atoms with van der Waals surface area (Å²) in [5.74, 6) is 0.952. The zero-order valence-corrected chi connectivity index (χ0v) is 17.5. The van der Waals surface area contributed by atoms with Crippen molar-refractivity contribution in [2.75, 3.05) is 30.6 Å². The van der Waals surface area contributed by atoms with Gasteiger partial charge in [-0.2, -0.15) is 0 Å². The van der Waals surface area contributed by atoms with Gasteiger partial charge in [-0.05, 0) is 48.5 Å². The Morgan fingerprint density at radius 2 is 1.53 bits per heavy atom.